The number of para-hydroxylation sites is 1. The maximum atomic E-state index is 12.6. The van der Waals surface area contributed by atoms with E-state index in [1.165, 1.54) is 0 Å². The first-order valence-corrected chi connectivity index (χ1v) is 6.68. The summed E-state index contributed by atoms with van der Waals surface area (Å²) in [5, 5.41) is 9.69. The van der Waals surface area contributed by atoms with Crippen LogP contribution < -0.4 is 5.43 Å². The van der Waals surface area contributed by atoms with Crippen molar-refractivity contribution in [2.24, 2.45) is 0 Å². The van der Waals surface area contributed by atoms with Crippen LogP contribution in [0.2, 0.25) is 0 Å². The molecule has 3 rings (SSSR count). The first-order valence-electron chi connectivity index (χ1n) is 6.68. The molecule has 0 atom stereocenters. The molecule has 0 bridgehead atoms. The van der Waals surface area contributed by atoms with Gasteiger partial charge in [-0.1, -0.05) is 18.2 Å². The van der Waals surface area contributed by atoms with Crippen molar-refractivity contribution in [1.29, 1.82) is 0 Å². The van der Waals surface area contributed by atoms with Gasteiger partial charge in [0.15, 0.2) is 0 Å². The molecule has 0 fully saturated rings. The molecule has 2 aromatic carbocycles. The minimum Gasteiger partial charge on any atom is -0.481 e. The van der Waals surface area contributed by atoms with Crippen molar-refractivity contribution in [2.75, 3.05) is 0 Å². The van der Waals surface area contributed by atoms with Gasteiger partial charge in [-0.25, -0.2) is 0 Å². The smallest absolute Gasteiger partial charge is 0.307 e. The number of carbonyl (C=O) groups excluding carboxylic acids is 1. The van der Waals surface area contributed by atoms with Crippen LogP contribution in [0.15, 0.2) is 39.5 Å². The van der Waals surface area contributed by atoms with Crippen LogP contribution >= 0.6 is 0 Å². The molecular weight excluding hydrogens is 284 g/mol. The summed E-state index contributed by atoms with van der Waals surface area (Å²) in [5.74, 6) is -1.01. The first-order chi connectivity index (χ1) is 10.5. The minimum absolute atomic E-state index is 0.232. The molecular formula is C17H12O5. The van der Waals surface area contributed by atoms with Crippen LogP contribution in [0, 0.1) is 6.92 Å². The van der Waals surface area contributed by atoms with Crippen molar-refractivity contribution in [3.63, 3.8) is 0 Å². The summed E-state index contributed by atoms with van der Waals surface area (Å²) in [6, 6.07) is 7.99. The molecule has 1 aromatic heterocycles. The second-order valence-electron chi connectivity index (χ2n) is 5.07. The monoisotopic (exact) mass is 296 g/mol. The van der Waals surface area contributed by atoms with Crippen LogP contribution in [-0.4, -0.2) is 17.4 Å². The van der Waals surface area contributed by atoms with Gasteiger partial charge in [-0.05, 0) is 19.1 Å². The highest BCUT2D eigenvalue weighted by molar-refractivity contribution is 5.96. The number of carbonyl (C=O) groups is 2. The lowest BCUT2D eigenvalue weighted by Crippen LogP contribution is -2.07. The molecule has 1 heterocycles. The van der Waals surface area contributed by atoms with Gasteiger partial charge in [0.2, 0.25) is 5.43 Å². The van der Waals surface area contributed by atoms with Gasteiger partial charge in [0, 0.05) is 16.7 Å². The Bertz CT molecular complexity index is 982. The normalized spacial score (nSPS) is 11.0. The van der Waals surface area contributed by atoms with Crippen molar-refractivity contribution in [1.82, 2.24) is 0 Å². The minimum atomic E-state index is -1.01. The molecule has 110 valence electrons. The van der Waals surface area contributed by atoms with E-state index in [1.54, 1.807) is 37.3 Å². The second kappa shape index (κ2) is 5.11. The SMILES string of the molecule is Cc1c(C=O)ccc2c(=O)c3cccc(CC(=O)O)c3oc12. The molecule has 0 saturated heterocycles. The molecule has 0 aliphatic rings. The van der Waals surface area contributed by atoms with Crippen LogP contribution in [0.4, 0.5) is 0 Å². The summed E-state index contributed by atoms with van der Waals surface area (Å²) < 4.78 is 5.81. The number of benzene rings is 2. The maximum absolute atomic E-state index is 12.6. The largest absolute Gasteiger partial charge is 0.481 e. The van der Waals surface area contributed by atoms with Gasteiger partial charge < -0.3 is 9.52 Å². The van der Waals surface area contributed by atoms with E-state index >= 15 is 0 Å². The fourth-order valence-electron chi connectivity index (χ4n) is 2.58. The Balaban J connectivity index is 2.48. The summed E-state index contributed by atoms with van der Waals surface area (Å²) in [5.41, 5.74) is 1.78. The fourth-order valence-corrected chi connectivity index (χ4v) is 2.58. The highest BCUT2D eigenvalue weighted by Gasteiger charge is 2.15. The van der Waals surface area contributed by atoms with E-state index in [2.05, 4.69) is 0 Å². The third-order valence-corrected chi connectivity index (χ3v) is 3.71. The van der Waals surface area contributed by atoms with Gasteiger partial charge in [-0.3, -0.25) is 14.4 Å². The van der Waals surface area contributed by atoms with Gasteiger partial charge in [-0.2, -0.15) is 0 Å². The van der Waals surface area contributed by atoms with E-state index in [9.17, 15) is 14.4 Å². The average Bonchev–Trinajstić information content (AvgIpc) is 2.49. The van der Waals surface area contributed by atoms with Gasteiger partial charge in [0.25, 0.3) is 0 Å². The molecule has 5 heteroatoms. The van der Waals surface area contributed by atoms with E-state index in [-0.39, 0.29) is 17.4 Å². The third-order valence-electron chi connectivity index (χ3n) is 3.71. The zero-order valence-electron chi connectivity index (χ0n) is 11.8. The zero-order valence-corrected chi connectivity index (χ0v) is 11.8. The standard InChI is InChI=1S/C17H12O5/c1-9-11(8-18)5-6-13-15(21)12-4-2-3-10(7-14(19)20)17(12)22-16(9)13/h2-6,8H,7H2,1H3,(H,19,20). The van der Waals surface area contributed by atoms with E-state index in [0.717, 1.165) is 0 Å². The highest BCUT2D eigenvalue weighted by atomic mass is 16.4. The quantitative estimate of drug-likeness (QED) is 0.593. The Kier molecular flexibility index (Phi) is 3.25. The predicted molar refractivity (Wildman–Crippen MR) is 81.5 cm³/mol. The Hall–Kier alpha value is -2.95. The van der Waals surface area contributed by atoms with Crippen molar-refractivity contribution >= 4 is 34.2 Å². The van der Waals surface area contributed by atoms with Crippen LogP contribution in [-0.2, 0) is 11.2 Å². The summed E-state index contributed by atoms with van der Waals surface area (Å²) in [4.78, 5) is 34.6. The molecule has 0 saturated carbocycles. The summed E-state index contributed by atoms with van der Waals surface area (Å²) in [7, 11) is 0. The molecule has 5 nitrogen and oxygen atoms in total. The van der Waals surface area contributed by atoms with Gasteiger partial charge >= 0.3 is 5.97 Å². The van der Waals surface area contributed by atoms with Crippen LogP contribution in [0.25, 0.3) is 21.9 Å². The number of aryl methyl sites for hydroxylation is 1. The number of fused-ring (bicyclic) bond motifs is 2. The lowest BCUT2D eigenvalue weighted by molar-refractivity contribution is -0.136. The van der Waals surface area contributed by atoms with E-state index in [0.29, 0.717) is 39.3 Å². The van der Waals surface area contributed by atoms with E-state index in [1.807, 2.05) is 0 Å². The van der Waals surface area contributed by atoms with Crippen LogP contribution in [0.5, 0.6) is 0 Å². The summed E-state index contributed by atoms with van der Waals surface area (Å²) in [6.07, 6.45) is 0.459. The molecule has 3 aromatic rings. The molecule has 0 amide bonds. The van der Waals surface area contributed by atoms with Gasteiger partial charge in [0.05, 0.1) is 17.2 Å². The molecule has 0 spiro atoms. The van der Waals surface area contributed by atoms with Gasteiger partial charge in [-0.15, -0.1) is 0 Å². The lowest BCUT2D eigenvalue weighted by atomic mass is 10.0. The van der Waals surface area contributed by atoms with Crippen molar-refractivity contribution < 1.29 is 19.1 Å². The number of aldehydes is 1. The highest BCUT2D eigenvalue weighted by Crippen LogP contribution is 2.25. The van der Waals surface area contributed by atoms with E-state index < -0.39 is 5.97 Å². The molecule has 0 aliphatic carbocycles. The average molecular weight is 296 g/mol. The Labute approximate surface area is 124 Å². The zero-order chi connectivity index (χ0) is 15.9. The Morgan fingerprint density at radius 2 is 1.91 bits per heavy atom. The fraction of sp³-hybridized carbons (Fsp3) is 0.118. The maximum Gasteiger partial charge on any atom is 0.307 e. The number of rotatable bonds is 3. The first kappa shape index (κ1) is 14.0. The summed E-state index contributed by atoms with van der Waals surface area (Å²) in [6.45, 7) is 1.70. The van der Waals surface area contributed by atoms with Gasteiger partial charge in [0.1, 0.15) is 17.5 Å². The van der Waals surface area contributed by atoms with Crippen LogP contribution in [0.3, 0.4) is 0 Å². The van der Waals surface area contributed by atoms with Crippen LogP contribution in [0.1, 0.15) is 21.5 Å². The topological polar surface area (TPSA) is 84.6 Å². The van der Waals surface area contributed by atoms with Crippen molar-refractivity contribution in [2.45, 2.75) is 13.3 Å². The number of aliphatic carboxylic acids is 1. The Morgan fingerprint density at radius 1 is 1.18 bits per heavy atom. The molecule has 1 N–H and O–H groups in total. The van der Waals surface area contributed by atoms with Crippen molar-refractivity contribution in [3.05, 3.63) is 57.2 Å². The Morgan fingerprint density at radius 3 is 2.59 bits per heavy atom. The van der Waals surface area contributed by atoms with E-state index in [4.69, 9.17) is 9.52 Å². The lowest BCUT2D eigenvalue weighted by Gasteiger charge is -2.08. The second-order valence-corrected chi connectivity index (χ2v) is 5.07. The van der Waals surface area contributed by atoms with Crippen molar-refractivity contribution in [3.8, 4) is 0 Å². The number of hydrogen-bond donors (Lipinski definition) is 1. The molecule has 0 aliphatic heterocycles. The predicted octanol–water partition coefficient (Wildman–Crippen LogP) is 2.69. The number of carboxylic acids is 1. The number of hydrogen-bond acceptors (Lipinski definition) is 4. The molecule has 0 unspecified atom stereocenters. The molecule has 22 heavy (non-hydrogen) atoms. The molecule has 0 radical (unpaired) electrons. The summed E-state index contributed by atoms with van der Waals surface area (Å²) >= 11 is 0. The number of carboxylic acid groups (broad SMARTS) is 1. The third kappa shape index (κ3) is 2.07.